The van der Waals surface area contributed by atoms with Gasteiger partial charge in [0.25, 0.3) is 0 Å². The zero-order chi connectivity index (χ0) is 22.1. The molecule has 1 rings (SSSR count). The highest BCUT2D eigenvalue weighted by Gasteiger charge is 2.27. The van der Waals surface area contributed by atoms with Gasteiger partial charge in [0.15, 0.2) is 0 Å². The fourth-order valence-electron chi connectivity index (χ4n) is 4.60. The van der Waals surface area contributed by atoms with Gasteiger partial charge in [-0.1, -0.05) is 103 Å². The molecule has 30 heavy (non-hydrogen) atoms. The lowest BCUT2D eigenvalue weighted by Gasteiger charge is -2.34. The number of piperidine rings is 1. The molecule has 0 N–H and O–H groups in total. The number of unbranched alkanes of at least 4 members (excludes halogenated alkanes) is 14. The van der Waals surface area contributed by atoms with Crippen LogP contribution in [0.4, 0.5) is 4.79 Å². The van der Waals surface area contributed by atoms with Gasteiger partial charge >= 0.3 is 6.09 Å². The van der Waals surface area contributed by atoms with Gasteiger partial charge in [0, 0.05) is 13.1 Å². The second kappa shape index (κ2) is 16.9. The highest BCUT2D eigenvalue weighted by Crippen LogP contribution is 2.24. The average molecular weight is 424 g/mol. The van der Waals surface area contributed by atoms with Crippen molar-refractivity contribution in [3.05, 3.63) is 0 Å². The molecule has 1 saturated heterocycles. The molecule has 0 spiro atoms. The highest BCUT2D eigenvalue weighted by atomic mass is 16.6. The van der Waals surface area contributed by atoms with Crippen LogP contribution in [0.3, 0.4) is 0 Å². The van der Waals surface area contributed by atoms with E-state index in [1.165, 1.54) is 109 Å². The van der Waals surface area contributed by atoms with E-state index in [1.54, 1.807) is 0 Å². The van der Waals surface area contributed by atoms with Gasteiger partial charge in [-0.25, -0.2) is 4.79 Å². The van der Waals surface area contributed by atoms with Crippen molar-refractivity contribution in [2.75, 3.05) is 13.1 Å². The van der Waals surface area contributed by atoms with Gasteiger partial charge in [0.1, 0.15) is 5.60 Å². The quantitative estimate of drug-likeness (QED) is 0.232. The van der Waals surface area contributed by atoms with Crippen LogP contribution >= 0.6 is 0 Å². The van der Waals surface area contributed by atoms with Crippen LogP contribution < -0.4 is 0 Å². The van der Waals surface area contributed by atoms with Gasteiger partial charge in [-0.15, -0.1) is 0 Å². The van der Waals surface area contributed by atoms with Gasteiger partial charge in [-0.05, 0) is 46.0 Å². The maximum absolute atomic E-state index is 12.3. The summed E-state index contributed by atoms with van der Waals surface area (Å²) in [6, 6.07) is 0. The fourth-order valence-corrected chi connectivity index (χ4v) is 4.60. The first-order valence-electron chi connectivity index (χ1n) is 13.4. The van der Waals surface area contributed by atoms with Gasteiger partial charge in [-0.3, -0.25) is 0 Å². The number of likely N-dealkylation sites (tertiary alicyclic amines) is 1. The first-order chi connectivity index (χ1) is 14.4. The summed E-state index contributed by atoms with van der Waals surface area (Å²) in [6.45, 7) is 9.89. The van der Waals surface area contributed by atoms with E-state index in [4.69, 9.17) is 4.74 Å². The second-order valence-corrected chi connectivity index (χ2v) is 10.7. The molecule has 1 amide bonds. The molecule has 1 heterocycles. The number of carbonyl (C=O) groups excluding carboxylic acids is 1. The topological polar surface area (TPSA) is 29.5 Å². The van der Waals surface area contributed by atoms with Crippen molar-refractivity contribution in [1.82, 2.24) is 4.90 Å². The van der Waals surface area contributed by atoms with Crippen LogP contribution in [0.5, 0.6) is 0 Å². The van der Waals surface area contributed by atoms with Crippen molar-refractivity contribution >= 4 is 6.09 Å². The predicted octanol–water partition coefficient (Wildman–Crippen LogP) is 8.90. The monoisotopic (exact) mass is 423 g/mol. The lowest BCUT2D eigenvalue weighted by Crippen LogP contribution is -2.42. The summed E-state index contributed by atoms with van der Waals surface area (Å²) in [5.74, 6) is 0.674. The van der Waals surface area contributed by atoms with Crippen molar-refractivity contribution in [3.63, 3.8) is 0 Å². The molecule has 0 radical (unpaired) electrons. The molecule has 0 aromatic heterocycles. The highest BCUT2D eigenvalue weighted by molar-refractivity contribution is 5.68. The summed E-state index contributed by atoms with van der Waals surface area (Å²) >= 11 is 0. The molecule has 0 saturated carbocycles. The smallest absolute Gasteiger partial charge is 0.410 e. The van der Waals surface area contributed by atoms with E-state index in [-0.39, 0.29) is 6.09 Å². The number of hydrogen-bond donors (Lipinski definition) is 0. The Morgan fingerprint density at radius 1 is 0.800 bits per heavy atom. The Balaban J connectivity index is 1.90. The number of hydrogen-bond acceptors (Lipinski definition) is 2. The van der Waals surface area contributed by atoms with E-state index in [1.807, 2.05) is 25.7 Å². The molecule has 3 nitrogen and oxygen atoms in total. The Morgan fingerprint density at radius 3 is 1.73 bits per heavy atom. The summed E-state index contributed by atoms with van der Waals surface area (Å²) < 4.78 is 5.54. The first kappa shape index (κ1) is 27.3. The van der Waals surface area contributed by atoms with Crippen LogP contribution in [0, 0.1) is 5.92 Å². The molecule has 1 atom stereocenters. The summed E-state index contributed by atoms with van der Waals surface area (Å²) in [6.07, 6.45) is 24.8. The first-order valence-corrected chi connectivity index (χ1v) is 13.4. The number of ether oxygens (including phenoxy) is 1. The summed E-state index contributed by atoms with van der Waals surface area (Å²) in [5.41, 5.74) is -0.391. The van der Waals surface area contributed by atoms with E-state index >= 15 is 0 Å². The van der Waals surface area contributed by atoms with Crippen molar-refractivity contribution in [2.45, 2.75) is 149 Å². The van der Waals surface area contributed by atoms with Crippen molar-refractivity contribution in [2.24, 2.45) is 5.92 Å². The third-order valence-electron chi connectivity index (χ3n) is 6.39. The Labute approximate surface area is 188 Å². The standard InChI is InChI=1S/C27H53NO2/c1-5-6-7-8-9-10-11-12-13-14-15-16-17-18-19-21-25-22-20-23-28(24-25)26(29)30-27(2,3)4/h25H,5-24H2,1-4H3. The molecule has 0 aromatic rings. The van der Waals surface area contributed by atoms with Gasteiger partial charge in [0.2, 0.25) is 0 Å². The number of nitrogens with zero attached hydrogens (tertiary/aromatic N) is 1. The van der Waals surface area contributed by atoms with E-state index < -0.39 is 5.60 Å². The Bertz CT molecular complexity index is 416. The zero-order valence-corrected chi connectivity index (χ0v) is 21.0. The third-order valence-corrected chi connectivity index (χ3v) is 6.39. The molecule has 178 valence electrons. The molecular weight excluding hydrogens is 370 g/mol. The molecule has 0 bridgehead atoms. The number of carbonyl (C=O) groups is 1. The van der Waals surface area contributed by atoms with E-state index in [9.17, 15) is 4.79 Å². The van der Waals surface area contributed by atoms with Crippen molar-refractivity contribution < 1.29 is 9.53 Å². The summed E-state index contributed by atoms with van der Waals surface area (Å²) in [4.78, 5) is 14.2. The second-order valence-electron chi connectivity index (χ2n) is 10.7. The molecular formula is C27H53NO2. The third kappa shape index (κ3) is 15.1. The van der Waals surface area contributed by atoms with Crippen molar-refractivity contribution in [3.8, 4) is 0 Å². The van der Waals surface area contributed by atoms with Crippen LogP contribution in [0.25, 0.3) is 0 Å². The zero-order valence-electron chi connectivity index (χ0n) is 21.0. The van der Waals surface area contributed by atoms with Crippen LogP contribution in [0.1, 0.15) is 143 Å². The van der Waals surface area contributed by atoms with Crippen LogP contribution in [-0.2, 0) is 4.74 Å². The predicted molar refractivity (Wildman–Crippen MR) is 130 cm³/mol. The Kier molecular flexibility index (Phi) is 15.4. The van der Waals surface area contributed by atoms with Crippen LogP contribution in [0.2, 0.25) is 0 Å². The Hall–Kier alpha value is -0.730. The van der Waals surface area contributed by atoms with E-state index in [0.29, 0.717) is 5.92 Å². The normalized spacial score (nSPS) is 17.3. The maximum Gasteiger partial charge on any atom is 0.410 e. The number of rotatable bonds is 16. The van der Waals surface area contributed by atoms with Gasteiger partial charge < -0.3 is 9.64 Å². The van der Waals surface area contributed by atoms with E-state index in [0.717, 1.165) is 19.5 Å². The molecule has 0 aromatic carbocycles. The molecule has 1 aliphatic heterocycles. The molecule has 1 fully saturated rings. The minimum Gasteiger partial charge on any atom is -0.444 e. The average Bonchev–Trinajstić information content (AvgIpc) is 2.70. The molecule has 1 aliphatic rings. The minimum absolute atomic E-state index is 0.122. The molecule has 3 heteroatoms. The SMILES string of the molecule is CCCCCCCCCCCCCCCCCC1CCCN(C(=O)OC(C)(C)C)C1. The summed E-state index contributed by atoms with van der Waals surface area (Å²) in [5, 5.41) is 0. The van der Waals surface area contributed by atoms with E-state index in [2.05, 4.69) is 6.92 Å². The lowest BCUT2D eigenvalue weighted by atomic mass is 9.92. The largest absolute Gasteiger partial charge is 0.444 e. The number of amides is 1. The summed E-state index contributed by atoms with van der Waals surface area (Å²) in [7, 11) is 0. The van der Waals surface area contributed by atoms with Gasteiger partial charge in [0.05, 0.1) is 0 Å². The Morgan fingerprint density at radius 2 is 1.27 bits per heavy atom. The minimum atomic E-state index is -0.391. The maximum atomic E-state index is 12.3. The fraction of sp³-hybridized carbons (Fsp3) is 0.963. The van der Waals surface area contributed by atoms with Gasteiger partial charge in [-0.2, -0.15) is 0 Å². The van der Waals surface area contributed by atoms with Crippen molar-refractivity contribution in [1.29, 1.82) is 0 Å². The molecule has 1 unspecified atom stereocenters. The molecule has 0 aliphatic carbocycles. The lowest BCUT2D eigenvalue weighted by molar-refractivity contribution is 0.0160. The van der Waals surface area contributed by atoms with Crippen LogP contribution in [0.15, 0.2) is 0 Å². The van der Waals surface area contributed by atoms with Crippen LogP contribution in [-0.4, -0.2) is 29.7 Å².